The fourth-order valence-corrected chi connectivity index (χ4v) is 1.98. The number of halogens is 1. The first-order chi connectivity index (χ1) is 7.41. The highest BCUT2D eigenvalue weighted by molar-refractivity contribution is 6.31. The predicted octanol–water partition coefficient (Wildman–Crippen LogP) is 3.55. The van der Waals surface area contributed by atoms with Gasteiger partial charge >= 0.3 is 5.97 Å². The number of rotatable bonds is 4. The monoisotopic (exact) mass is 240 g/mol. The van der Waals surface area contributed by atoms with Gasteiger partial charge in [-0.15, -0.1) is 0 Å². The van der Waals surface area contributed by atoms with Gasteiger partial charge in [-0.2, -0.15) is 0 Å². The second-order valence-electron chi connectivity index (χ2n) is 4.49. The van der Waals surface area contributed by atoms with Crippen molar-refractivity contribution in [3.05, 3.63) is 34.3 Å². The van der Waals surface area contributed by atoms with E-state index in [1.807, 2.05) is 39.0 Å². The standard InChI is InChI=1S/C13H17ClO2/c1-8(2)11(13(15)16)7-10-5-4-9(3)6-12(10)14/h4-6,8,11H,7H2,1-3H3,(H,15,16). The lowest BCUT2D eigenvalue weighted by atomic mass is 9.89. The number of benzene rings is 1. The summed E-state index contributed by atoms with van der Waals surface area (Å²) >= 11 is 6.09. The van der Waals surface area contributed by atoms with E-state index in [0.29, 0.717) is 11.4 Å². The van der Waals surface area contributed by atoms with Gasteiger partial charge in [0.05, 0.1) is 5.92 Å². The van der Waals surface area contributed by atoms with Gasteiger partial charge in [0, 0.05) is 5.02 Å². The SMILES string of the molecule is Cc1ccc(CC(C(=O)O)C(C)C)c(Cl)c1. The first-order valence-corrected chi connectivity index (χ1v) is 5.77. The van der Waals surface area contributed by atoms with E-state index in [1.54, 1.807) is 0 Å². The number of carbonyl (C=O) groups is 1. The summed E-state index contributed by atoms with van der Waals surface area (Å²) in [5.41, 5.74) is 2.00. The van der Waals surface area contributed by atoms with Crippen LogP contribution in [0.4, 0.5) is 0 Å². The van der Waals surface area contributed by atoms with Gasteiger partial charge in [0.15, 0.2) is 0 Å². The highest BCUT2D eigenvalue weighted by Crippen LogP contribution is 2.24. The summed E-state index contributed by atoms with van der Waals surface area (Å²) in [7, 11) is 0. The topological polar surface area (TPSA) is 37.3 Å². The minimum absolute atomic E-state index is 0.106. The second kappa shape index (κ2) is 5.35. The summed E-state index contributed by atoms with van der Waals surface area (Å²) in [6.45, 7) is 5.80. The maximum absolute atomic E-state index is 11.1. The van der Waals surface area contributed by atoms with Gasteiger partial charge < -0.3 is 5.11 Å². The Morgan fingerprint density at radius 2 is 2.06 bits per heavy atom. The molecule has 0 amide bonds. The van der Waals surface area contributed by atoms with Crippen molar-refractivity contribution in [2.45, 2.75) is 27.2 Å². The molecule has 88 valence electrons. The van der Waals surface area contributed by atoms with E-state index in [9.17, 15) is 4.79 Å². The van der Waals surface area contributed by atoms with Crippen molar-refractivity contribution in [1.82, 2.24) is 0 Å². The lowest BCUT2D eigenvalue weighted by Crippen LogP contribution is -2.22. The fourth-order valence-electron chi connectivity index (χ4n) is 1.66. The van der Waals surface area contributed by atoms with Crippen LogP contribution in [0.3, 0.4) is 0 Å². The summed E-state index contributed by atoms with van der Waals surface area (Å²) in [4.78, 5) is 11.1. The van der Waals surface area contributed by atoms with Crippen molar-refractivity contribution in [2.24, 2.45) is 11.8 Å². The minimum Gasteiger partial charge on any atom is -0.481 e. The van der Waals surface area contributed by atoms with Gasteiger partial charge in [-0.1, -0.05) is 37.6 Å². The van der Waals surface area contributed by atoms with E-state index in [4.69, 9.17) is 16.7 Å². The Morgan fingerprint density at radius 1 is 1.44 bits per heavy atom. The number of carboxylic acids is 1. The molecule has 0 aliphatic rings. The van der Waals surface area contributed by atoms with Crippen LogP contribution in [0.25, 0.3) is 0 Å². The summed E-state index contributed by atoms with van der Waals surface area (Å²) in [6.07, 6.45) is 0.492. The Morgan fingerprint density at radius 3 is 2.50 bits per heavy atom. The van der Waals surface area contributed by atoms with Gasteiger partial charge in [0.1, 0.15) is 0 Å². The molecule has 0 radical (unpaired) electrons. The van der Waals surface area contributed by atoms with Crippen molar-refractivity contribution in [3.8, 4) is 0 Å². The van der Waals surface area contributed by atoms with Crippen molar-refractivity contribution < 1.29 is 9.90 Å². The molecule has 1 rings (SSSR count). The van der Waals surface area contributed by atoms with Gasteiger partial charge in [-0.25, -0.2) is 0 Å². The lowest BCUT2D eigenvalue weighted by molar-refractivity contribution is -0.143. The average Bonchev–Trinajstić information content (AvgIpc) is 2.15. The number of hydrogen-bond acceptors (Lipinski definition) is 1. The van der Waals surface area contributed by atoms with Crippen LogP contribution in [-0.2, 0) is 11.2 Å². The van der Waals surface area contributed by atoms with Gasteiger partial charge in [0.25, 0.3) is 0 Å². The van der Waals surface area contributed by atoms with E-state index in [1.165, 1.54) is 0 Å². The van der Waals surface area contributed by atoms with E-state index in [0.717, 1.165) is 11.1 Å². The summed E-state index contributed by atoms with van der Waals surface area (Å²) in [5, 5.41) is 9.77. The third kappa shape index (κ3) is 3.24. The largest absolute Gasteiger partial charge is 0.481 e. The van der Waals surface area contributed by atoms with Crippen molar-refractivity contribution >= 4 is 17.6 Å². The van der Waals surface area contributed by atoms with E-state index in [-0.39, 0.29) is 11.8 Å². The molecular formula is C13H17ClO2. The first-order valence-electron chi connectivity index (χ1n) is 5.39. The third-order valence-electron chi connectivity index (χ3n) is 2.77. The van der Waals surface area contributed by atoms with Crippen LogP contribution < -0.4 is 0 Å². The number of carboxylic acid groups (broad SMARTS) is 1. The zero-order valence-electron chi connectivity index (χ0n) is 9.83. The summed E-state index contributed by atoms with van der Waals surface area (Å²) in [6, 6.07) is 5.74. The molecule has 0 aliphatic heterocycles. The van der Waals surface area contributed by atoms with Crippen molar-refractivity contribution in [2.75, 3.05) is 0 Å². The number of aryl methyl sites for hydroxylation is 1. The van der Waals surface area contributed by atoms with Crippen LogP contribution in [0.1, 0.15) is 25.0 Å². The molecule has 0 saturated carbocycles. The summed E-state index contributed by atoms with van der Waals surface area (Å²) in [5.74, 6) is -1.03. The van der Waals surface area contributed by atoms with Crippen LogP contribution in [0, 0.1) is 18.8 Å². The van der Waals surface area contributed by atoms with Crippen LogP contribution >= 0.6 is 11.6 Å². The summed E-state index contributed by atoms with van der Waals surface area (Å²) < 4.78 is 0. The normalized spacial score (nSPS) is 12.8. The molecule has 0 saturated heterocycles. The van der Waals surface area contributed by atoms with Crippen molar-refractivity contribution in [1.29, 1.82) is 0 Å². The van der Waals surface area contributed by atoms with Gasteiger partial charge in [-0.05, 0) is 36.5 Å². The smallest absolute Gasteiger partial charge is 0.307 e. The number of aliphatic carboxylic acids is 1. The van der Waals surface area contributed by atoms with Crippen LogP contribution in [0.15, 0.2) is 18.2 Å². The van der Waals surface area contributed by atoms with E-state index in [2.05, 4.69) is 0 Å². The molecule has 0 aliphatic carbocycles. The Kier molecular flexibility index (Phi) is 4.36. The third-order valence-corrected chi connectivity index (χ3v) is 3.12. The Bertz CT molecular complexity index is 386. The Hall–Kier alpha value is -1.02. The van der Waals surface area contributed by atoms with Crippen LogP contribution in [0.5, 0.6) is 0 Å². The number of hydrogen-bond donors (Lipinski definition) is 1. The van der Waals surface area contributed by atoms with E-state index < -0.39 is 5.97 Å². The molecule has 0 fully saturated rings. The molecule has 0 bridgehead atoms. The van der Waals surface area contributed by atoms with E-state index >= 15 is 0 Å². The maximum atomic E-state index is 11.1. The zero-order chi connectivity index (χ0) is 12.3. The quantitative estimate of drug-likeness (QED) is 0.874. The predicted molar refractivity (Wildman–Crippen MR) is 65.9 cm³/mol. The molecule has 1 aromatic carbocycles. The molecule has 0 heterocycles. The molecule has 3 heteroatoms. The minimum atomic E-state index is -0.758. The molecule has 0 aromatic heterocycles. The lowest BCUT2D eigenvalue weighted by Gasteiger charge is -2.17. The van der Waals surface area contributed by atoms with Crippen LogP contribution in [0.2, 0.25) is 5.02 Å². The molecule has 16 heavy (non-hydrogen) atoms. The maximum Gasteiger partial charge on any atom is 0.307 e. The molecule has 2 nitrogen and oxygen atoms in total. The highest BCUT2D eigenvalue weighted by atomic mass is 35.5. The molecule has 1 atom stereocenters. The average molecular weight is 241 g/mol. The van der Waals surface area contributed by atoms with Gasteiger partial charge in [0.2, 0.25) is 0 Å². The molecule has 1 N–H and O–H groups in total. The van der Waals surface area contributed by atoms with Crippen LogP contribution in [-0.4, -0.2) is 11.1 Å². The first kappa shape index (κ1) is 13.0. The Balaban J connectivity index is 2.90. The molecule has 0 spiro atoms. The zero-order valence-corrected chi connectivity index (χ0v) is 10.6. The fraction of sp³-hybridized carbons (Fsp3) is 0.462. The van der Waals surface area contributed by atoms with Crippen molar-refractivity contribution in [3.63, 3.8) is 0 Å². The molecular weight excluding hydrogens is 224 g/mol. The Labute approximate surface area is 101 Å². The second-order valence-corrected chi connectivity index (χ2v) is 4.89. The van der Waals surface area contributed by atoms with Gasteiger partial charge in [-0.3, -0.25) is 4.79 Å². The molecule has 1 unspecified atom stereocenters. The molecule has 1 aromatic rings. The highest BCUT2D eigenvalue weighted by Gasteiger charge is 2.22.